The molecule has 27 heavy (non-hydrogen) atoms. The van der Waals surface area contributed by atoms with Gasteiger partial charge in [0.2, 0.25) is 0 Å². The average molecular weight is 491 g/mol. The van der Waals surface area contributed by atoms with Crippen molar-refractivity contribution in [1.29, 1.82) is 0 Å². The largest absolute Gasteiger partial charge is 0.385 e. The summed E-state index contributed by atoms with van der Waals surface area (Å²) < 4.78 is 42.8. The van der Waals surface area contributed by atoms with Gasteiger partial charge in [0.05, 0.1) is 30.0 Å². The second-order valence-corrected chi connectivity index (χ2v) is 7.83. The topological polar surface area (TPSA) is 78.6 Å². The standard InChI is InChI=1S/C18H17F3IN3O2/c1-9(23)18(27)7-25(8-18)17(26)11-3-4-12(19)15(21)16(11)24-14-5-2-10(22)6-13(14)20/h2-6,9,24,27H,7-8,23H2,1H3/t9-/m0/s1. The van der Waals surface area contributed by atoms with Crippen LogP contribution < -0.4 is 11.1 Å². The number of benzene rings is 2. The van der Waals surface area contributed by atoms with Crippen molar-refractivity contribution >= 4 is 39.9 Å². The molecule has 3 rings (SSSR count). The van der Waals surface area contributed by atoms with Crippen molar-refractivity contribution in [2.24, 2.45) is 5.73 Å². The first-order valence-corrected chi connectivity index (χ1v) is 9.17. The third-order valence-electron chi connectivity index (χ3n) is 4.58. The molecule has 4 N–H and O–H groups in total. The molecule has 0 spiro atoms. The molecule has 1 atom stereocenters. The Morgan fingerprint density at radius 1 is 1.26 bits per heavy atom. The maximum absolute atomic E-state index is 14.4. The fraction of sp³-hybridized carbons (Fsp3) is 0.278. The van der Waals surface area contributed by atoms with Crippen LogP contribution in [0.4, 0.5) is 24.5 Å². The van der Waals surface area contributed by atoms with Crippen LogP contribution in [0.15, 0.2) is 30.3 Å². The molecule has 0 saturated carbocycles. The van der Waals surface area contributed by atoms with Gasteiger partial charge in [-0.1, -0.05) is 0 Å². The van der Waals surface area contributed by atoms with Gasteiger partial charge in [-0.05, 0) is 59.8 Å². The van der Waals surface area contributed by atoms with Crippen LogP contribution in [-0.4, -0.2) is 40.6 Å². The Hall–Kier alpha value is -1.85. The number of hydrogen-bond acceptors (Lipinski definition) is 4. The van der Waals surface area contributed by atoms with Crippen molar-refractivity contribution in [2.75, 3.05) is 18.4 Å². The molecule has 9 heteroatoms. The fourth-order valence-corrected chi connectivity index (χ4v) is 3.25. The van der Waals surface area contributed by atoms with Gasteiger partial charge in [0.25, 0.3) is 5.91 Å². The number of halogens is 4. The van der Waals surface area contributed by atoms with Gasteiger partial charge in [-0.2, -0.15) is 0 Å². The minimum Gasteiger partial charge on any atom is -0.385 e. The lowest BCUT2D eigenvalue weighted by molar-refractivity contribution is -0.0931. The molecule has 1 heterocycles. The lowest BCUT2D eigenvalue weighted by Crippen LogP contribution is -2.70. The molecule has 1 aliphatic rings. The van der Waals surface area contributed by atoms with E-state index in [9.17, 15) is 23.1 Å². The minimum atomic E-state index is -1.29. The molecule has 1 saturated heterocycles. The van der Waals surface area contributed by atoms with E-state index in [4.69, 9.17) is 5.73 Å². The number of nitrogens with zero attached hydrogens (tertiary/aromatic N) is 1. The molecule has 2 aromatic carbocycles. The van der Waals surface area contributed by atoms with Crippen LogP contribution >= 0.6 is 22.6 Å². The molecular weight excluding hydrogens is 474 g/mol. The molecule has 0 aliphatic carbocycles. The number of nitrogens with one attached hydrogen (secondary N) is 1. The Bertz CT molecular complexity index is 902. The zero-order valence-electron chi connectivity index (χ0n) is 14.3. The van der Waals surface area contributed by atoms with Crippen LogP contribution in [-0.2, 0) is 0 Å². The Labute approximate surface area is 167 Å². The fourth-order valence-electron chi connectivity index (χ4n) is 2.79. The smallest absolute Gasteiger partial charge is 0.256 e. The quantitative estimate of drug-likeness (QED) is 0.575. The highest BCUT2D eigenvalue weighted by Gasteiger charge is 2.47. The van der Waals surface area contributed by atoms with Crippen molar-refractivity contribution in [2.45, 2.75) is 18.6 Å². The number of β-amino-alcohol motifs (C(OH)–C–C–N with tert-alkyl or cyclic N) is 1. The van der Waals surface area contributed by atoms with E-state index < -0.39 is 40.7 Å². The maximum atomic E-state index is 14.4. The Kier molecular flexibility index (Phi) is 5.37. The number of amides is 1. The SMILES string of the molecule is C[C@H](N)C1(O)CN(C(=O)c2ccc(F)c(F)c2Nc2ccc(I)cc2F)C1. The maximum Gasteiger partial charge on any atom is 0.256 e. The van der Waals surface area contributed by atoms with Crippen molar-refractivity contribution in [3.63, 3.8) is 0 Å². The second kappa shape index (κ2) is 7.28. The summed E-state index contributed by atoms with van der Waals surface area (Å²) in [5.41, 5.74) is 3.74. The molecule has 5 nitrogen and oxygen atoms in total. The predicted molar refractivity (Wildman–Crippen MR) is 103 cm³/mol. The predicted octanol–water partition coefficient (Wildman–Crippen LogP) is 2.99. The number of carbonyl (C=O) groups excluding carboxylic acids is 1. The monoisotopic (exact) mass is 491 g/mol. The Balaban J connectivity index is 1.93. The summed E-state index contributed by atoms with van der Waals surface area (Å²) in [4.78, 5) is 14.0. The van der Waals surface area contributed by atoms with E-state index in [0.717, 1.165) is 12.1 Å². The summed E-state index contributed by atoms with van der Waals surface area (Å²) >= 11 is 1.92. The van der Waals surface area contributed by atoms with Gasteiger partial charge < -0.3 is 21.1 Å². The normalized spacial score (nSPS) is 16.6. The number of nitrogens with two attached hydrogens (primary N) is 1. The van der Waals surface area contributed by atoms with E-state index in [1.165, 1.54) is 17.0 Å². The summed E-state index contributed by atoms with van der Waals surface area (Å²) in [5, 5.41) is 12.7. The Morgan fingerprint density at radius 3 is 2.52 bits per heavy atom. The number of anilines is 2. The average Bonchev–Trinajstić information content (AvgIpc) is 2.57. The van der Waals surface area contributed by atoms with Crippen LogP contribution in [0.3, 0.4) is 0 Å². The molecule has 0 radical (unpaired) electrons. The molecule has 1 fully saturated rings. The van der Waals surface area contributed by atoms with E-state index in [0.29, 0.717) is 3.57 Å². The summed E-state index contributed by atoms with van der Waals surface area (Å²) in [7, 11) is 0. The van der Waals surface area contributed by atoms with Crippen LogP contribution in [0.2, 0.25) is 0 Å². The van der Waals surface area contributed by atoms with E-state index in [1.54, 1.807) is 13.0 Å². The van der Waals surface area contributed by atoms with E-state index in [1.807, 2.05) is 22.6 Å². The number of hydrogen-bond donors (Lipinski definition) is 3. The number of carbonyl (C=O) groups is 1. The molecule has 2 aromatic rings. The summed E-state index contributed by atoms with van der Waals surface area (Å²) in [6.45, 7) is 1.56. The van der Waals surface area contributed by atoms with E-state index in [-0.39, 0.29) is 24.3 Å². The second-order valence-electron chi connectivity index (χ2n) is 6.59. The highest BCUT2D eigenvalue weighted by Crippen LogP contribution is 2.32. The lowest BCUT2D eigenvalue weighted by atomic mass is 9.87. The van der Waals surface area contributed by atoms with Crippen molar-refractivity contribution in [1.82, 2.24) is 4.90 Å². The minimum absolute atomic E-state index is 0.0279. The first-order chi connectivity index (χ1) is 12.6. The van der Waals surface area contributed by atoms with E-state index in [2.05, 4.69) is 5.32 Å². The third kappa shape index (κ3) is 3.76. The number of likely N-dealkylation sites (tertiary alicyclic amines) is 1. The summed E-state index contributed by atoms with van der Waals surface area (Å²) in [6, 6.07) is 5.58. The summed E-state index contributed by atoms with van der Waals surface area (Å²) in [5.74, 6) is -3.75. The van der Waals surface area contributed by atoms with Crippen molar-refractivity contribution in [3.05, 3.63) is 56.9 Å². The molecule has 0 unspecified atom stereocenters. The number of rotatable bonds is 4. The van der Waals surface area contributed by atoms with Crippen molar-refractivity contribution in [3.8, 4) is 0 Å². The van der Waals surface area contributed by atoms with Crippen LogP contribution in [0.5, 0.6) is 0 Å². The van der Waals surface area contributed by atoms with Gasteiger partial charge >= 0.3 is 0 Å². The van der Waals surface area contributed by atoms with E-state index >= 15 is 0 Å². The first-order valence-electron chi connectivity index (χ1n) is 8.09. The zero-order chi connectivity index (χ0) is 19.9. The van der Waals surface area contributed by atoms with Crippen molar-refractivity contribution < 1.29 is 23.1 Å². The van der Waals surface area contributed by atoms with Crippen LogP contribution in [0.1, 0.15) is 17.3 Å². The van der Waals surface area contributed by atoms with Gasteiger partial charge in [0, 0.05) is 9.61 Å². The van der Waals surface area contributed by atoms with Gasteiger partial charge in [0.15, 0.2) is 11.6 Å². The highest BCUT2D eigenvalue weighted by atomic mass is 127. The molecule has 0 bridgehead atoms. The van der Waals surface area contributed by atoms with Gasteiger partial charge in [-0.3, -0.25) is 4.79 Å². The molecular formula is C18H17F3IN3O2. The van der Waals surface area contributed by atoms with Crippen LogP contribution in [0.25, 0.3) is 0 Å². The molecule has 0 aromatic heterocycles. The number of aliphatic hydroxyl groups is 1. The molecule has 144 valence electrons. The van der Waals surface area contributed by atoms with Gasteiger partial charge in [-0.15, -0.1) is 0 Å². The highest BCUT2D eigenvalue weighted by molar-refractivity contribution is 14.1. The molecule has 1 amide bonds. The summed E-state index contributed by atoms with van der Waals surface area (Å²) in [6.07, 6.45) is 0. The molecule has 1 aliphatic heterocycles. The van der Waals surface area contributed by atoms with Gasteiger partial charge in [0.1, 0.15) is 11.4 Å². The van der Waals surface area contributed by atoms with Crippen LogP contribution in [0, 0.1) is 21.0 Å². The first kappa shape index (κ1) is 19.9. The third-order valence-corrected chi connectivity index (χ3v) is 5.25. The van der Waals surface area contributed by atoms with Gasteiger partial charge in [-0.25, -0.2) is 13.2 Å². The lowest BCUT2D eigenvalue weighted by Gasteiger charge is -2.48. The zero-order valence-corrected chi connectivity index (χ0v) is 16.4. The Morgan fingerprint density at radius 2 is 1.93 bits per heavy atom.